The highest BCUT2D eigenvalue weighted by Crippen LogP contribution is 2.59. The van der Waals surface area contributed by atoms with Crippen LogP contribution in [-0.4, -0.2) is 10.2 Å². The monoisotopic (exact) mass is 275 g/mol. The maximum Gasteiger partial charge on any atom is 0.233 e. The van der Waals surface area contributed by atoms with Gasteiger partial charge in [0.15, 0.2) is 0 Å². The first-order valence-corrected chi connectivity index (χ1v) is 8.33. The Kier molecular flexibility index (Phi) is 3.09. The molecule has 4 fully saturated rings. The number of aromatic nitrogens is 2. The summed E-state index contributed by atoms with van der Waals surface area (Å²) in [5.74, 6) is 5.62. The lowest BCUT2D eigenvalue weighted by molar-refractivity contribution is -0.0119. The van der Waals surface area contributed by atoms with Crippen molar-refractivity contribution < 1.29 is 4.42 Å². The minimum Gasteiger partial charge on any atom is -0.423 e. The Morgan fingerprint density at radius 2 is 1.75 bits per heavy atom. The van der Waals surface area contributed by atoms with Gasteiger partial charge in [-0.3, -0.25) is 0 Å². The lowest BCUT2D eigenvalue weighted by Crippen LogP contribution is -2.43. The molecule has 4 heteroatoms. The number of nitrogens with two attached hydrogens (primary N) is 1. The largest absolute Gasteiger partial charge is 0.423 e. The zero-order chi connectivity index (χ0) is 13.7. The lowest BCUT2D eigenvalue weighted by Gasteiger charge is -2.53. The van der Waals surface area contributed by atoms with Crippen molar-refractivity contribution in [3.8, 4) is 0 Å². The third-order valence-corrected chi connectivity index (χ3v) is 5.89. The summed E-state index contributed by atoms with van der Waals surface area (Å²) in [4.78, 5) is 0. The van der Waals surface area contributed by atoms with Crippen LogP contribution in [0.5, 0.6) is 0 Å². The molecule has 1 aromatic rings. The van der Waals surface area contributed by atoms with Crippen LogP contribution in [0.3, 0.4) is 0 Å². The summed E-state index contributed by atoms with van der Waals surface area (Å²) in [6.45, 7) is 2.13. The summed E-state index contributed by atoms with van der Waals surface area (Å²) in [6, 6.07) is -0.0851. The fraction of sp³-hybridized carbons (Fsp3) is 0.875. The second-order valence-corrected chi connectivity index (χ2v) is 7.33. The highest BCUT2D eigenvalue weighted by Gasteiger charge is 2.50. The molecule has 4 nitrogen and oxygen atoms in total. The fourth-order valence-electron chi connectivity index (χ4n) is 5.29. The van der Waals surface area contributed by atoms with Gasteiger partial charge in [-0.1, -0.05) is 13.3 Å². The molecule has 5 rings (SSSR count). The Morgan fingerprint density at radius 3 is 2.35 bits per heavy atom. The van der Waals surface area contributed by atoms with Gasteiger partial charge in [0.1, 0.15) is 0 Å². The third kappa shape index (κ3) is 2.00. The average Bonchev–Trinajstić information content (AvgIpc) is 2.87. The number of hydrogen-bond acceptors (Lipinski definition) is 4. The maximum absolute atomic E-state index is 6.10. The molecular weight excluding hydrogens is 250 g/mol. The maximum atomic E-state index is 6.10. The predicted molar refractivity (Wildman–Crippen MR) is 75.9 cm³/mol. The van der Waals surface area contributed by atoms with Crippen molar-refractivity contribution in [3.63, 3.8) is 0 Å². The molecule has 1 atom stereocenters. The highest BCUT2D eigenvalue weighted by atomic mass is 16.4. The zero-order valence-corrected chi connectivity index (χ0v) is 12.3. The van der Waals surface area contributed by atoms with Crippen molar-refractivity contribution in [1.29, 1.82) is 0 Å². The Labute approximate surface area is 120 Å². The first kappa shape index (κ1) is 12.8. The van der Waals surface area contributed by atoms with E-state index >= 15 is 0 Å². The average molecular weight is 275 g/mol. The summed E-state index contributed by atoms with van der Waals surface area (Å²) < 4.78 is 5.98. The van der Waals surface area contributed by atoms with Gasteiger partial charge in [0.2, 0.25) is 11.8 Å². The quantitative estimate of drug-likeness (QED) is 0.914. The summed E-state index contributed by atoms with van der Waals surface area (Å²) in [7, 11) is 0. The summed E-state index contributed by atoms with van der Waals surface area (Å²) in [5.41, 5.74) is 6.10. The fourth-order valence-corrected chi connectivity index (χ4v) is 5.29. The second kappa shape index (κ2) is 4.83. The molecule has 0 radical (unpaired) electrons. The van der Waals surface area contributed by atoms with E-state index in [1.807, 2.05) is 0 Å². The van der Waals surface area contributed by atoms with Crippen LogP contribution in [0.25, 0.3) is 0 Å². The second-order valence-electron chi connectivity index (χ2n) is 7.33. The van der Waals surface area contributed by atoms with Crippen LogP contribution < -0.4 is 5.73 Å². The van der Waals surface area contributed by atoms with Crippen molar-refractivity contribution in [3.05, 3.63) is 11.8 Å². The van der Waals surface area contributed by atoms with Crippen LogP contribution in [-0.2, 0) is 0 Å². The van der Waals surface area contributed by atoms with Gasteiger partial charge < -0.3 is 10.2 Å². The number of nitrogens with zero attached hydrogens (tertiary/aromatic N) is 2. The van der Waals surface area contributed by atoms with E-state index in [0.717, 1.165) is 42.4 Å². The van der Waals surface area contributed by atoms with Gasteiger partial charge in [-0.05, 0) is 62.2 Å². The van der Waals surface area contributed by atoms with E-state index in [4.69, 9.17) is 10.2 Å². The van der Waals surface area contributed by atoms with Crippen molar-refractivity contribution in [2.45, 2.75) is 63.8 Å². The van der Waals surface area contributed by atoms with Crippen LogP contribution in [0, 0.1) is 23.7 Å². The lowest BCUT2D eigenvalue weighted by atomic mass is 9.52. The van der Waals surface area contributed by atoms with Crippen LogP contribution in [0.2, 0.25) is 0 Å². The van der Waals surface area contributed by atoms with Crippen molar-refractivity contribution in [2.24, 2.45) is 29.4 Å². The molecule has 20 heavy (non-hydrogen) atoms. The minimum absolute atomic E-state index is 0.0851. The molecule has 4 aliphatic rings. The number of hydrogen-bond donors (Lipinski definition) is 1. The molecule has 0 saturated heterocycles. The standard InChI is InChI=1S/C16H25N3O/c1-2-3-13(17)15-18-19-16(20-15)14-11-5-9-4-10(7-11)8-12(14)6-9/h9-14H,2-8,17H2,1H3. The molecule has 110 valence electrons. The molecule has 0 amide bonds. The molecule has 0 aromatic carbocycles. The van der Waals surface area contributed by atoms with Gasteiger partial charge in [0, 0.05) is 5.92 Å². The van der Waals surface area contributed by atoms with Crippen LogP contribution in [0.1, 0.15) is 75.6 Å². The van der Waals surface area contributed by atoms with Gasteiger partial charge >= 0.3 is 0 Å². The van der Waals surface area contributed by atoms with E-state index in [9.17, 15) is 0 Å². The van der Waals surface area contributed by atoms with Crippen molar-refractivity contribution >= 4 is 0 Å². The Balaban J connectivity index is 1.56. The van der Waals surface area contributed by atoms with E-state index in [1.165, 1.54) is 32.1 Å². The molecule has 4 aliphatic carbocycles. The molecule has 4 bridgehead atoms. The van der Waals surface area contributed by atoms with Gasteiger partial charge in [-0.15, -0.1) is 10.2 Å². The molecule has 0 aliphatic heterocycles. The zero-order valence-electron chi connectivity index (χ0n) is 12.3. The van der Waals surface area contributed by atoms with E-state index in [-0.39, 0.29) is 6.04 Å². The summed E-state index contributed by atoms with van der Waals surface area (Å²) in [5, 5.41) is 8.59. The van der Waals surface area contributed by atoms with Crippen LogP contribution in [0.15, 0.2) is 4.42 Å². The normalized spacial score (nSPS) is 40.2. The van der Waals surface area contributed by atoms with Crippen molar-refractivity contribution in [2.75, 3.05) is 0 Å². The van der Waals surface area contributed by atoms with E-state index in [1.54, 1.807) is 0 Å². The smallest absolute Gasteiger partial charge is 0.233 e. The van der Waals surface area contributed by atoms with E-state index in [2.05, 4.69) is 17.1 Å². The highest BCUT2D eigenvalue weighted by molar-refractivity contribution is 5.09. The van der Waals surface area contributed by atoms with Gasteiger partial charge in [-0.2, -0.15) is 0 Å². The van der Waals surface area contributed by atoms with Crippen molar-refractivity contribution in [1.82, 2.24) is 10.2 Å². The number of rotatable bonds is 4. The molecule has 1 heterocycles. The summed E-state index contributed by atoms with van der Waals surface area (Å²) in [6.07, 6.45) is 9.00. The Hall–Kier alpha value is -0.900. The van der Waals surface area contributed by atoms with E-state index < -0.39 is 0 Å². The van der Waals surface area contributed by atoms with E-state index in [0.29, 0.717) is 11.8 Å². The molecule has 4 saturated carbocycles. The first-order chi connectivity index (χ1) is 9.74. The Bertz CT molecular complexity index is 456. The van der Waals surface area contributed by atoms with Gasteiger partial charge in [-0.25, -0.2) is 0 Å². The van der Waals surface area contributed by atoms with Crippen LogP contribution in [0.4, 0.5) is 0 Å². The molecule has 1 unspecified atom stereocenters. The first-order valence-electron chi connectivity index (χ1n) is 8.33. The summed E-state index contributed by atoms with van der Waals surface area (Å²) >= 11 is 0. The topological polar surface area (TPSA) is 64.9 Å². The SMILES string of the molecule is CCCC(N)c1nnc(C2C3CC4CC(C3)CC2C4)o1. The molecule has 0 spiro atoms. The molecule has 1 aromatic heterocycles. The minimum atomic E-state index is -0.0851. The Morgan fingerprint density at radius 1 is 1.10 bits per heavy atom. The predicted octanol–water partition coefficient (Wildman–Crippen LogP) is 3.41. The van der Waals surface area contributed by atoms with Crippen LogP contribution >= 0.6 is 0 Å². The molecular formula is C16H25N3O. The third-order valence-electron chi connectivity index (χ3n) is 5.89. The molecule has 2 N–H and O–H groups in total. The van der Waals surface area contributed by atoms with Gasteiger partial charge in [0.05, 0.1) is 6.04 Å². The van der Waals surface area contributed by atoms with Gasteiger partial charge in [0.25, 0.3) is 0 Å².